The molecule has 3 aromatic rings. The first kappa shape index (κ1) is 19.5. The minimum Gasteiger partial charge on any atom is -0.867 e. The molecule has 140 valence electrons. The third-order valence-corrected chi connectivity index (χ3v) is 4.47. The smallest absolute Gasteiger partial charge is 0.270 e. The first-order valence-electron chi connectivity index (χ1n) is 8.16. The van der Waals surface area contributed by atoms with E-state index < -0.39 is 10.7 Å². The van der Waals surface area contributed by atoms with E-state index in [-0.39, 0.29) is 21.9 Å². The number of pyridine rings is 1. The standard InChI is InChI=1S/C20H14ClN3O3S/c21-16-9-2-3-10-17(16)22-20(28)18(23-11-4-1-5-12-23)19(25)14-7-6-8-15(13-14)24(26)27/h1-13H,(H-,22,25,28). The zero-order valence-corrected chi connectivity index (χ0v) is 16.0. The molecular formula is C20H14ClN3O3S. The number of benzene rings is 2. The van der Waals surface area contributed by atoms with Crippen LogP contribution in [0.1, 0.15) is 5.56 Å². The Morgan fingerprint density at radius 2 is 1.75 bits per heavy atom. The van der Waals surface area contributed by atoms with Gasteiger partial charge >= 0.3 is 0 Å². The maximum absolute atomic E-state index is 13.2. The van der Waals surface area contributed by atoms with Crippen molar-refractivity contribution >= 4 is 51.6 Å². The van der Waals surface area contributed by atoms with E-state index >= 15 is 0 Å². The predicted octanol–water partition coefficient (Wildman–Crippen LogP) is 3.66. The maximum atomic E-state index is 13.2. The monoisotopic (exact) mass is 411 g/mol. The van der Waals surface area contributed by atoms with Gasteiger partial charge in [0.05, 0.1) is 15.6 Å². The van der Waals surface area contributed by atoms with E-state index in [9.17, 15) is 15.2 Å². The molecule has 0 aliphatic carbocycles. The van der Waals surface area contributed by atoms with Crippen LogP contribution >= 0.6 is 23.8 Å². The van der Waals surface area contributed by atoms with Gasteiger partial charge in [0.25, 0.3) is 5.69 Å². The summed E-state index contributed by atoms with van der Waals surface area (Å²) in [5, 5.41) is 27.7. The average molecular weight is 412 g/mol. The molecule has 1 N–H and O–H groups in total. The van der Waals surface area contributed by atoms with Crippen LogP contribution in [0.5, 0.6) is 0 Å². The molecule has 0 saturated heterocycles. The summed E-state index contributed by atoms with van der Waals surface area (Å²) in [4.78, 5) is 10.6. The van der Waals surface area contributed by atoms with Crippen molar-refractivity contribution in [2.45, 2.75) is 0 Å². The minimum atomic E-state index is -0.549. The molecule has 2 aromatic carbocycles. The first-order valence-corrected chi connectivity index (χ1v) is 8.94. The molecule has 0 saturated carbocycles. The zero-order valence-electron chi connectivity index (χ0n) is 14.4. The fourth-order valence-corrected chi connectivity index (χ4v) is 3.02. The number of rotatable bonds is 5. The summed E-state index contributed by atoms with van der Waals surface area (Å²) in [5.41, 5.74) is 0.683. The molecule has 0 fully saturated rings. The van der Waals surface area contributed by atoms with Crippen molar-refractivity contribution in [2.24, 2.45) is 0 Å². The zero-order chi connectivity index (χ0) is 20.1. The van der Waals surface area contributed by atoms with Crippen LogP contribution in [-0.4, -0.2) is 9.91 Å². The van der Waals surface area contributed by atoms with Gasteiger partial charge < -0.3 is 10.4 Å². The molecule has 28 heavy (non-hydrogen) atoms. The molecule has 0 radical (unpaired) electrons. The molecule has 6 nitrogen and oxygen atoms in total. The Hall–Kier alpha value is -3.29. The van der Waals surface area contributed by atoms with Gasteiger partial charge in [-0.05, 0) is 23.5 Å². The topological polar surface area (TPSA) is 82.1 Å². The Kier molecular flexibility index (Phi) is 5.98. The second-order valence-corrected chi connectivity index (χ2v) is 6.52. The quantitative estimate of drug-likeness (QED) is 0.173. The highest BCUT2D eigenvalue weighted by atomic mass is 35.5. The van der Waals surface area contributed by atoms with Gasteiger partial charge in [-0.2, -0.15) is 4.57 Å². The van der Waals surface area contributed by atoms with E-state index in [1.54, 1.807) is 59.4 Å². The number of thiocarbonyl (C=S) groups is 1. The summed E-state index contributed by atoms with van der Waals surface area (Å²) in [5.74, 6) is -0.454. The largest absolute Gasteiger partial charge is 0.867 e. The lowest BCUT2D eigenvalue weighted by Gasteiger charge is -2.17. The summed E-state index contributed by atoms with van der Waals surface area (Å²) in [6.45, 7) is 0. The summed E-state index contributed by atoms with van der Waals surface area (Å²) in [7, 11) is 0. The van der Waals surface area contributed by atoms with Gasteiger partial charge in [-0.15, -0.1) is 0 Å². The Morgan fingerprint density at radius 1 is 1.04 bits per heavy atom. The number of nitrogens with one attached hydrogen (secondary N) is 1. The number of non-ortho nitro benzene ring substituents is 1. The van der Waals surface area contributed by atoms with Crippen LogP contribution in [0.3, 0.4) is 0 Å². The summed E-state index contributed by atoms with van der Waals surface area (Å²) in [6.07, 6.45) is 3.34. The van der Waals surface area contributed by atoms with E-state index in [0.29, 0.717) is 10.7 Å². The average Bonchev–Trinajstić information content (AvgIpc) is 2.71. The molecule has 0 atom stereocenters. The first-order chi connectivity index (χ1) is 13.5. The molecule has 0 spiro atoms. The van der Waals surface area contributed by atoms with Crippen LogP contribution in [0.25, 0.3) is 11.5 Å². The lowest BCUT2D eigenvalue weighted by molar-refractivity contribution is -0.577. The summed E-state index contributed by atoms with van der Waals surface area (Å²) in [6, 6.07) is 17.8. The fraction of sp³-hybridized carbons (Fsp3) is 0. The SMILES string of the molecule is O=[N+]([O-])c1cccc(C([O-])=C(C(=S)Nc2ccccc2Cl)[n+]2ccccc2)c1. The lowest BCUT2D eigenvalue weighted by atomic mass is 10.1. The maximum Gasteiger partial charge on any atom is 0.270 e. The number of hydrogen-bond donors (Lipinski definition) is 1. The number of halogens is 1. The molecule has 0 bridgehead atoms. The predicted molar refractivity (Wildman–Crippen MR) is 111 cm³/mol. The van der Waals surface area contributed by atoms with Crippen LogP contribution in [0.2, 0.25) is 5.02 Å². The Labute approximate surface area is 171 Å². The number of nitro benzene ring substituents is 1. The van der Waals surface area contributed by atoms with E-state index in [4.69, 9.17) is 23.8 Å². The molecule has 0 amide bonds. The highest BCUT2D eigenvalue weighted by molar-refractivity contribution is 7.81. The normalized spacial score (nSPS) is 11.5. The number of hydrogen-bond acceptors (Lipinski definition) is 4. The molecule has 1 heterocycles. The van der Waals surface area contributed by atoms with Crippen molar-refractivity contribution in [3.05, 3.63) is 99.8 Å². The van der Waals surface area contributed by atoms with E-state index in [1.165, 1.54) is 24.3 Å². The highest BCUT2D eigenvalue weighted by Crippen LogP contribution is 2.24. The lowest BCUT2D eigenvalue weighted by Crippen LogP contribution is -2.39. The van der Waals surface area contributed by atoms with Gasteiger partial charge in [-0.1, -0.05) is 54.2 Å². The van der Waals surface area contributed by atoms with Gasteiger partial charge in [0.2, 0.25) is 5.70 Å². The molecule has 0 aliphatic rings. The number of nitro groups is 1. The van der Waals surface area contributed by atoms with Crippen LogP contribution in [0.4, 0.5) is 11.4 Å². The second-order valence-electron chi connectivity index (χ2n) is 5.70. The summed E-state index contributed by atoms with van der Waals surface area (Å²) >= 11 is 11.7. The molecule has 0 aliphatic heterocycles. The molecular weight excluding hydrogens is 398 g/mol. The van der Waals surface area contributed by atoms with Gasteiger partial charge in [-0.25, -0.2) is 0 Å². The Bertz CT molecular complexity index is 1070. The molecule has 1 aromatic heterocycles. The third kappa shape index (κ3) is 4.33. The van der Waals surface area contributed by atoms with Crippen LogP contribution in [0.15, 0.2) is 79.1 Å². The number of nitrogens with zero attached hydrogens (tertiary/aromatic N) is 2. The van der Waals surface area contributed by atoms with Crippen LogP contribution in [-0.2, 0) is 0 Å². The van der Waals surface area contributed by atoms with Gasteiger partial charge in [-0.3, -0.25) is 10.1 Å². The third-order valence-electron chi connectivity index (χ3n) is 3.85. The van der Waals surface area contributed by atoms with Crippen molar-refractivity contribution in [2.75, 3.05) is 5.32 Å². The van der Waals surface area contributed by atoms with E-state index in [0.717, 1.165) is 0 Å². The second kappa shape index (κ2) is 8.60. The van der Waals surface area contributed by atoms with E-state index in [1.807, 2.05) is 0 Å². The molecule has 0 unspecified atom stereocenters. The number of anilines is 1. The number of para-hydroxylation sites is 1. The van der Waals surface area contributed by atoms with E-state index in [2.05, 4.69) is 5.32 Å². The Balaban J connectivity index is 2.10. The molecule has 3 rings (SSSR count). The van der Waals surface area contributed by atoms with Crippen molar-refractivity contribution in [1.82, 2.24) is 0 Å². The van der Waals surface area contributed by atoms with Crippen molar-refractivity contribution < 1.29 is 14.6 Å². The van der Waals surface area contributed by atoms with Crippen LogP contribution in [0, 0.1) is 10.1 Å². The van der Waals surface area contributed by atoms with Crippen molar-refractivity contribution in [3.63, 3.8) is 0 Å². The fourth-order valence-electron chi connectivity index (χ4n) is 2.53. The van der Waals surface area contributed by atoms with Crippen molar-refractivity contribution in [3.8, 4) is 0 Å². The van der Waals surface area contributed by atoms with Gasteiger partial charge in [0.1, 0.15) is 0 Å². The van der Waals surface area contributed by atoms with Crippen LogP contribution < -0.4 is 15.0 Å². The number of aromatic nitrogens is 1. The van der Waals surface area contributed by atoms with Crippen molar-refractivity contribution in [1.29, 1.82) is 0 Å². The Morgan fingerprint density at radius 3 is 2.43 bits per heavy atom. The summed E-state index contributed by atoms with van der Waals surface area (Å²) < 4.78 is 1.56. The molecule has 8 heteroatoms. The highest BCUT2D eigenvalue weighted by Gasteiger charge is 2.20. The van der Waals surface area contributed by atoms with Gasteiger partial charge in [0.15, 0.2) is 17.4 Å². The van der Waals surface area contributed by atoms with Gasteiger partial charge in [0, 0.05) is 24.3 Å². The minimum absolute atomic E-state index is 0.140.